The van der Waals surface area contributed by atoms with E-state index in [9.17, 15) is 4.79 Å². The van der Waals surface area contributed by atoms with Gasteiger partial charge in [0.1, 0.15) is 0 Å². The van der Waals surface area contributed by atoms with Gasteiger partial charge in [0.25, 0.3) is 0 Å². The summed E-state index contributed by atoms with van der Waals surface area (Å²) < 4.78 is 0. The molecule has 0 aliphatic carbocycles. The van der Waals surface area contributed by atoms with E-state index in [1.165, 1.54) is 0 Å². The second-order valence-corrected chi connectivity index (χ2v) is 2.80. The van der Waals surface area contributed by atoms with Crippen LogP contribution in [0.5, 0.6) is 0 Å². The molecule has 0 saturated heterocycles. The Kier molecular flexibility index (Phi) is 6.17. The number of carbonyl (C=O) groups excluding carboxylic acids is 1. The summed E-state index contributed by atoms with van der Waals surface area (Å²) in [5, 5.41) is 2.96. The standard InChI is InChI=1S/C7H16N4OS/c1-3-11(4-2)6(12)5-9-7(13)10-8/h3-5,8H2,1-2H3,(H2,9,10,13). The van der Waals surface area contributed by atoms with Crippen molar-refractivity contribution in [1.29, 1.82) is 0 Å². The summed E-state index contributed by atoms with van der Waals surface area (Å²) in [6, 6.07) is 0. The first-order valence-corrected chi connectivity index (χ1v) is 4.58. The SMILES string of the molecule is CCN(CC)C(=O)CNC(=S)NN. The summed E-state index contributed by atoms with van der Waals surface area (Å²) in [7, 11) is 0. The van der Waals surface area contributed by atoms with Crippen LogP contribution in [0.3, 0.4) is 0 Å². The number of amides is 1. The van der Waals surface area contributed by atoms with Crippen LogP contribution in [0.25, 0.3) is 0 Å². The molecule has 0 atom stereocenters. The molecule has 1 amide bonds. The summed E-state index contributed by atoms with van der Waals surface area (Å²) in [6.45, 7) is 5.46. The average molecular weight is 204 g/mol. The summed E-state index contributed by atoms with van der Waals surface area (Å²) in [6.07, 6.45) is 0. The van der Waals surface area contributed by atoms with E-state index in [2.05, 4.69) is 10.7 Å². The average Bonchev–Trinajstić information content (AvgIpc) is 2.16. The normalized spacial score (nSPS) is 9.15. The molecule has 0 aromatic heterocycles. The molecule has 0 aliphatic heterocycles. The molecule has 0 saturated carbocycles. The molecule has 5 nitrogen and oxygen atoms in total. The Balaban J connectivity index is 3.79. The Labute approximate surface area is 83.6 Å². The molecule has 6 heteroatoms. The second-order valence-electron chi connectivity index (χ2n) is 2.39. The van der Waals surface area contributed by atoms with E-state index in [-0.39, 0.29) is 17.6 Å². The van der Waals surface area contributed by atoms with Crippen molar-refractivity contribution in [2.24, 2.45) is 5.84 Å². The van der Waals surface area contributed by atoms with E-state index in [1.807, 2.05) is 13.8 Å². The quantitative estimate of drug-likeness (QED) is 0.317. The zero-order valence-electron chi connectivity index (χ0n) is 7.96. The summed E-state index contributed by atoms with van der Waals surface area (Å²) >= 11 is 4.71. The van der Waals surface area contributed by atoms with Gasteiger partial charge >= 0.3 is 0 Å². The van der Waals surface area contributed by atoms with Gasteiger partial charge in [-0.1, -0.05) is 0 Å². The predicted octanol–water partition coefficient (Wildman–Crippen LogP) is -0.807. The Morgan fingerprint density at radius 1 is 1.46 bits per heavy atom. The van der Waals surface area contributed by atoms with Crippen LogP contribution < -0.4 is 16.6 Å². The van der Waals surface area contributed by atoms with Crippen LogP contribution >= 0.6 is 12.2 Å². The fraction of sp³-hybridized carbons (Fsp3) is 0.714. The molecular formula is C7H16N4OS. The van der Waals surface area contributed by atoms with Gasteiger partial charge in [-0.15, -0.1) is 0 Å². The fourth-order valence-corrected chi connectivity index (χ4v) is 0.967. The first kappa shape index (κ1) is 12.1. The molecule has 0 aromatic rings. The molecule has 0 spiro atoms. The van der Waals surface area contributed by atoms with Gasteiger partial charge in [0.2, 0.25) is 5.91 Å². The zero-order chi connectivity index (χ0) is 10.3. The maximum Gasteiger partial charge on any atom is 0.241 e. The third-order valence-corrected chi connectivity index (χ3v) is 1.91. The molecule has 0 heterocycles. The molecule has 13 heavy (non-hydrogen) atoms. The molecule has 0 rings (SSSR count). The van der Waals surface area contributed by atoms with Gasteiger partial charge in [-0.2, -0.15) is 0 Å². The van der Waals surface area contributed by atoms with Gasteiger partial charge in [-0.3, -0.25) is 4.79 Å². The smallest absolute Gasteiger partial charge is 0.241 e. The Hall–Kier alpha value is -0.880. The summed E-state index contributed by atoms with van der Waals surface area (Å²) in [4.78, 5) is 13.1. The highest BCUT2D eigenvalue weighted by molar-refractivity contribution is 7.80. The number of hydrogen-bond acceptors (Lipinski definition) is 3. The maximum atomic E-state index is 11.4. The molecular weight excluding hydrogens is 188 g/mol. The monoisotopic (exact) mass is 204 g/mol. The van der Waals surface area contributed by atoms with Crippen molar-refractivity contribution < 1.29 is 4.79 Å². The van der Waals surface area contributed by atoms with Crippen LogP contribution in [0.1, 0.15) is 13.8 Å². The van der Waals surface area contributed by atoms with Gasteiger partial charge in [0.05, 0.1) is 6.54 Å². The van der Waals surface area contributed by atoms with Crippen LogP contribution in [0, 0.1) is 0 Å². The molecule has 4 N–H and O–H groups in total. The van der Waals surface area contributed by atoms with Crippen LogP contribution in [0.2, 0.25) is 0 Å². The molecule has 0 fully saturated rings. The Morgan fingerprint density at radius 3 is 2.38 bits per heavy atom. The minimum absolute atomic E-state index is 0.0163. The van der Waals surface area contributed by atoms with E-state index < -0.39 is 0 Å². The Morgan fingerprint density at radius 2 is 2.00 bits per heavy atom. The number of hydrogen-bond donors (Lipinski definition) is 3. The van der Waals surface area contributed by atoms with E-state index in [4.69, 9.17) is 18.1 Å². The van der Waals surface area contributed by atoms with E-state index in [0.717, 1.165) is 0 Å². The number of rotatable bonds is 4. The lowest BCUT2D eigenvalue weighted by Gasteiger charge is -2.18. The van der Waals surface area contributed by atoms with Crippen LogP contribution in [-0.4, -0.2) is 35.6 Å². The number of thiocarbonyl (C=S) groups is 1. The lowest BCUT2D eigenvalue weighted by atomic mass is 10.4. The van der Waals surface area contributed by atoms with Crippen molar-refractivity contribution in [2.75, 3.05) is 19.6 Å². The topological polar surface area (TPSA) is 70.4 Å². The summed E-state index contributed by atoms with van der Waals surface area (Å²) in [5.41, 5.74) is 2.24. The van der Waals surface area contributed by atoms with Gasteiger partial charge in [-0.05, 0) is 26.1 Å². The highest BCUT2D eigenvalue weighted by atomic mass is 32.1. The minimum Gasteiger partial charge on any atom is -0.353 e. The second kappa shape index (κ2) is 6.62. The lowest BCUT2D eigenvalue weighted by molar-refractivity contribution is -0.129. The third kappa shape index (κ3) is 4.64. The minimum atomic E-state index is 0.0163. The van der Waals surface area contributed by atoms with E-state index in [1.54, 1.807) is 4.90 Å². The van der Waals surface area contributed by atoms with Gasteiger partial charge in [-0.25, -0.2) is 5.84 Å². The van der Waals surface area contributed by atoms with Crippen molar-refractivity contribution in [3.8, 4) is 0 Å². The largest absolute Gasteiger partial charge is 0.353 e. The third-order valence-electron chi connectivity index (χ3n) is 1.65. The highest BCUT2D eigenvalue weighted by Crippen LogP contribution is 1.86. The first-order valence-electron chi connectivity index (χ1n) is 4.17. The van der Waals surface area contributed by atoms with Crippen LogP contribution in [-0.2, 0) is 4.79 Å². The molecule has 0 radical (unpaired) electrons. The van der Waals surface area contributed by atoms with Crippen molar-refractivity contribution in [2.45, 2.75) is 13.8 Å². The number of likely N-dealkylation sites (N-methyl/N-ethyl adjacent to an activating group) is 1. The molecule has 0 bridgehead atoms. The van der Waals surface area contributed by atoms with E-state index >= 15 is 0 Å². The van der Waals surface area contributed by atoms with Crippen molar-refractivity contribution in [1.82, 2.24) is 15.6 Å². The summed E-state index contributed by atoms with van der Waals surface area (Å²) in [5.74, 6) is 5.04. The zero-order valence-corrected chi connectivity index (χ0v) is 8.78. The fourth-order valence-electron chi connectivity index (χ4n) is 0.895. The Bertz CT molecular complexity index is 181. The number of hydrazine groups is 1. The van der Waals surface area contributed by atoms with Crippen molar-refractivity contribution >= 4 is 23.2 Å². The van der Waals surface area contributed by atoms with Crippen LogP contribution in [0.4, 0.5) is 0 Å². The van der Waals surface area contributed by atoms with Gasteiger partial charge < -0.3 is 15.6 Å². The van der Waals surface area contributed by atoms with E-state index in [0.29, 0.717) is 13.1 Å². The number of carbonyl (C=O) groups is 1. The predicted molar refractivity (Wildman–Crippen MR) is 55.9 cm³/mol. The number of nitrogens with two attached hydrogens (primary N) is 1. The maximum absolute atomic E-state index is 11.4. The van der Waals surface area contributed by atoms with Crippen molar-refractivity contribution in [3.05, 3.63) is 0 Å². The van der Waals surface area contributed by atoms with Crippen LogP contribution in [0.15, 0.2) is 0 Å². The number of nitrogens with one attached hydrogen (secondary N) is 2. The van der Waals surface area contributed by atoms with Gasteiger partial charge in [0, 0.05) is 13.1 Å². The molecule has 0 unspecified atom stereocenters. The number of nitrogens with zero attached hydrogens (tertiary/aromatic N) is 1. The highest BCUT2D eigenvalue weighted by Gasteiger charge is 2.08. The molecule has 76 valence electrons. The first-order chi connectivity index (χ1) is 6.15. The van der Waals surface area contributed by atoms with Gasteiger partial charge in [0.15, 0.2) is 5.11 Å². The lowest BCUT2D eigenvalue weighted by Crippen LogP contribution is -2.45. The molecule has 0 aromatic carbocycles. The van der Waals surface area contributed by atoms with Crippen molar-refractivity contribution in [3.63, 3.8) is 0 Å². The molecule has 0 aliphatic rings.